The zero-order chi connectivity index (χ0) is 7.56. The zero-order valence-electron chi connectivity index (χ0n) is 6.54. The molecule has 3 nitrogen and oxygen atoms in total. The number of oxime groups is 1. The fraction of sp³-hybridized carbons (Fsp3) is 0.857. The van der Waals surface area contributed by atoms with E-state index in [1.807, 2.05) is 0 Å². The lowest BCUT2D eigenvalue weighted by atomic mass is 9.95. The van der Waals surface area contributed by atoms with Crippen molar-refractivity contribution in [2.24, 2.45) is 11.1 Å². The number of piperidine rings is 1. The molecule has 0 aromatic heterocycles. The summed E-state index contributed by atoms with van der Waals surface area (Å²) < 4.78 is 0. The average molecular weight is 143 g/mol. The SMILES string of the molecule is C[C@@H]1C/C(=N\O)[C@H](C)C[NH2+]1. The van der Waals surface area contributed by atoms with Gasteiger partial charge in [-0.2, -0.15) is 0 Å². The Kier molecular flexibility index (Phi) is 2.27. The Morgan fingerprint density at radius 1 is 1.60 bits per heavy atom. The van der Waals surface area contributed by atoms with Gasteiger partial charge in [-0.1, -0.05) is 12.1 Å². The first-order valence-electron chi connectivity index (χ1n) is 3.78. The van der Waals surface area contributed by atoms with Crippen LogP contribution in [-0.2, 0) is 0 Å². The Balaban J connectivity index is 2.54. The molecule has 1 aliphatic rings. The summed E-state index contributed by atoms with van der Waals surface area (Å²) in [5.74, 6) is 0.446. The highest BCUT2D eigenvalue weighted by atomic mass is 16.4. The molecule has 2 atom stereocenters. The van der Waals surface area contributed by atoms with E-state index >= 15 is 0 Å². The third-order valence-electron chi connectivity index (χ3n) is 2.12. The van der Waals surface area contributed by atoms with Crippen LogP contribution < -0.4 is 5.32 Å². The Morgan fingerprint density at radius 3 is 2.80 bits per heavy atom. The van der Waals surface area contributed by atoms with Crippen LogP contribution in [0, 0.1) is 5.92 Å². The number of rotatable bonds is 0. The van der Waals surface area contributed by atoms with E-state index < -0.39 is 0 Å². The number of hydrogen-bond acceptors (Lipinski definition) is 2. The van der Waals surface area contributed by atoms with E-state index in [0.717, 1.165) is 18.7 Å². The lowest BCUT2D eigenvalue weighted by Crippen LogP contribution is -2.92. The van der Waals surface area contributed by atoms with Crippen molar-refractivity contribution in [3.05, 3.63) is 0 Å². The second-order valence-corrected chi connectivity index (χ2v) is 3.15. The minimum Gasteiger partial charge on any atom is -0.411 e. The zero-order valence-corrected chi connectivity index (χ0v) is 6.54. The second-order valence-electron chi connectivity index (χ2n) is 3.15. The molecule has 1 rings (SSSR count). The number of nitrogens with zero attached hydrogens (tertiary/aromatic N) is 1. The fourth-order valence-electron chi connectivity index (χ4n) is 1.33. The van der Waals surface area contributed by atoms with E-state index in [2.05, 4.69) is 24.3 Å². The molecule has 3 heteroatoms. The Hall–Kier alpha value is -0.570. The van der Waals surface area contributed by atoms with Crippen LogP contribution in [0.3, 0.4) is 0 Å². The van der Waals surface area contributed by atoms with Gasteiger partial charge < -0.3 is 10.5 Å². The van der Waals surface area contributed by atoms with Crippen molar-refractivity contribution >= 4 is 5.71 Å². The van der Waals surface area contributed by atoms with Gasteiger partial charge in [-0.25, -0.2) is 0 Å². The predicted molar refractivity (Wildman–Crippen MR) is 39.3 cm³/mol. The summed E-state index contributed by atoms with van der Waals surface area (Å²) >= 11 is 0. The number of hydrogen-bond donors (Lipinski definition) is 2. The van der Waals surface area contributed by atoms with E-state index in [1.54, 1.807) is 0 Å². The van der Waals surface area contributed by atoms with Crippen LogP contribution in [0.2, 0.25) is 0 Å². The van der Waals surface area contributed by atoms with Gasteiger partial charge in [0.25, 0.3) is 0 Å². The molecule has 0 amide bonds. The van der Waals surface area contributed by atoms with Crippen molar-refractivity contribution in [1.29, 1.82) is 0 Å². The standard InChI is InChI=1S/C7H14N2O/c1-5-4-8-6(2)3-7(5)9-10/h5-6,8,10H,3-4H2,1-2H3/p+1/b9-7+/t5-,6-/m1/s1. The first kappa shape index (κ1) is 7.54. The predicted octanol–water partition coefficient (Wildman–Crippen LogP) is -0.192. The molecule has 58 valence electrons. The summed E-state index contributed by atoms with van der Waals surface area (Å²) in [7, 11) is 0. The highest BCUT2D eigenvalue weighted by molar-refractivity contribution is 5.86. The van der Waals surface area contributed by atoms with Gasteiger partial charge >= 0.3 is 0 Å². The van der Waals surface area contributed by atoms with Gasteiger partial charge in [-0.3, -0.25) is 0 Å². The van der Waals surface area contributed by atoms with Gasteiger partial charge in [0.15, 0.2) is 0 Å². The largest absolute Gasteiger partial charge is 0.411 e. The van der Waals surface area contributed by atoms with Crippen LogP contribution >= 0.6 is 0 Å². The van der Waals surface area contributed by atoms with Gasteiger partial charge in [0, 0.05) is 12.3 Å². The molecule has 0 aromatic carbocycles. The molecule has 1 saturated heterocycles. The Morgan fingerprint density at radius 2 is 2.30 bits per heavy atom. The van der Waals surface area contributed by atoms with Crippen LogP contribution in [-0.4, -0.2) is 23.5 Å². The van der Waals surface area contributed by atoms with Crippen molar-refractivity contribution < 1.29 is 10.5 Å². The van der Waals surface area contributed by atoms with Crippen LogP contribution in [0.5, 0.6) is 0 Å². The van der Waals surface area contributed by atoms with Crippen molar-refractivity contribution in [2.45, 2.75) is 26.3 Å². The molecular formula is C7H15N2O+. The summed E-state index contributed by atoms with van der Waals surface area (Å²) in [6, 6.07) is 0.585. The minimum atomic E-state index is 0.446. The van der Waals surface area contributed by atoms with E-state index in [-0.39, 0.29) is 0 Å². The number of nitrogens with two attached hydrogens (primary N) is 1. The molecular weight excluding hydrogens is 128 g/mol. The van der Waals surface area contributed by atoms with Crippen LogP contribution in [0.25, 0.3) is 0 Å². The van der Waals surface area contributed by atoms with Gasteiger partial charge in [-0.05, 0) is 6.92 Å². The van der Waals surface area contributed by atoms with Gasteiger partial charge in [0.05, 0.1) is 18.3 Å². The minimum absolute atomic E-state index is 0.446. The lowest BCUT2D eigenvalue weighted by Gasteiger charge is -2.22. The molecule has 0 radical (unpaired) electrons. The molecule has 0 aromatic rings. The summed E-state index contributed by atoms with van der Waals surface area (Å²) in [5, 5.41) is 14.1. The summed E-state index contributed by atoms with van der Waals surface area (Å²) in [6.45, 7) is 5.30. The maximum Gasteiger partial charge on any atom is 0.0885 e. The third-order valence-corrected chi connectivity index (χ3v) is 2.12. The average Bonchev–Trinajstić information content (AvgIpc) is 1.94. The van der Waals surface area contributed by atoms with Crippen LogP contribution in [0.1, 0.15) is 20.3 Å². The molecule has 1 heterocycles. The normalized spacial score (nSPS) is 38.4. The molecule has 0 bridgehead atoms. The third kappa shape index (κ3) is 1.48. The molecule has 0 saturated carbocycles. The molecule has 1 aliphatic heterocycles. The molecule has 3 N–H and O–H groups in total. The molecule has 10 heavy (non-hydrogen) atoms. The molecule has 0 aliphatic carbocycles. The van der Waals surface area contributed by atoms with Crippen molar-refractivity contribution in [2.75, 3.05) is 6.54 Å². The monoisotopic (exact) mass is 143 g/mol. The van der Waals surface area contributed by atoms with E-state index in [4.69, 9.17) is 5.21 Å². The summed E-state index contributed by atoms with van der Waals surface area (Å²) in [6.07, 6.45) is 0.928. The lowest BCUT2D eigenvalue weighted by molar-refractivity contribution is -0.691. The van der Waals surface area contributed by atoms with Crippen molar-refractivity contribution in [3.63, 3.8) is 0 Å². The molecule has 0 spiro atoms. The maximum atomic E-state index is 8.55. The van der Waals surface area contributed by atoms with Crippen molar-refractivity contribution in [3.8, 4) is 0 Å². The van der Waals surface area contributed by atoms with Gasteiger partial charge in [0.1, 0.15) is 0 Å². The maximum absolute atomic E-state index is 8.55. The highest BCUT2D eigenvalue weighted by Crippen LogP contribution is 2.05. The van der Waals surface area contributed by atoms with E-state index in [1.165, 1.54) is 0 Å². The first-order chi connectivity index (χ1) is 4.74. The van der Waals surface area contributed by atoms with E-state index in [9.17, 15) is 0 Å². The van der Waals surface area contributed by atoms with Crippen LogP contribution in [0.15, 0.2) is 5.16 Å². The quantitative estimate of drug-likeness (QED) is 0.358. The van der Waals surface area contributed by atoms with Crippen LogP contribution in [0.4, 0.5) is 0 Å². The van der Waals surface area contributed by atoms with E-state index in [0.29, 0.717) is 12.0 Å². The van der Waals surface area contributed by atoms with Gasteiger partial charge in [0.2, 0.25) is 0 Å². The van der Waals surface area contributed by atoms with Gasteiger partial charge in [-0.15, -0.1) is 0 Å². The second kappa shape index (κ2) is 3.01. The summed E-state index contributed by atoms with van der Waals surface area (Å²) in [5.41, 5.74) is 0.954. The Labute approximate surface area is 61.1 Å². The molecule has 1 fully saturated rings. The first-order valence-corrected chi connectivity index (χ1v) is 3.78. The van der Waals surface area contributed by atoms with Crippen molar-refractivity contribution in [1.82, 2.24) is 0 Å². The highest BCUT2D eigenvalue weighted by Gasteiger charge is 2.23. The smallest absolute Gasteiger partial charge is 0.0885 e. The number of quaternary nitrogens is 1. The topological polar surface area (TPSA) is 49.2 Å². The Bertz CT molecular complexity index is 145. The fourth-order valence-corrected chi connectivity index (χ4v) is 1.33. The summed E-state index contributed by atoms with van der Waals surface area (Å²) in [4.78, 5) is 0. The molecule has 0 unspecified atom stereocenters.